The van der Waals surface area contributed by atoms with E-state index >= 15 is 0 Å². The molecule has 1 aromatic rings. The quantitative estimate of drug-likeness (QED) is 0.792. The molecule has 1 atom stereocenters. The van der Waals surface area contributed by atoms with Gasteiger partial charge in [-0.15, -0.1) is 0 Å². The SMILES string of the molecule is COc1cccc(CC2CCC(=O)N2[Si](C)(C)C)c1. The van der Waals surface area contributed by atoms with Gasteiger partial charge in [0.25, 0.3) is 0 Å². The summed E-state index contributed by atoms with van der Waals surface area (Å²) in [7, 11) is 0.114. The molecule has 0 aliphatic carbocycles. The standard InChI is InChI=1S/C15H23NO2Si/c1-18-14-7-5-6-12(11-14)10-13-8-9-15(17)16(13)19(2,3)4/h5-7,11,13H,8-10H2,1-4H3. The van der Waals surface area contributed by atoms with Gasteiger partial charge < -0.3 is 9.30 Å². The van der Waals surface area contributed by atoms with Crippen LogP contribution in [0.4, 0.5) is 0 Å². The molecule has 1 amide bonds. The van der Waals surface area contributed by atoms with Crippen molar-refractivity contribution in [2.45, 2.75) is 44.9 Å². The lowest BCUT2D eigenvalue weighted by Gasteiger charge is -2.36. The summed E-state index contributed by atoms with van der Waals surface area (Å²) in [6.07, 6.45) is 2.63. The number of methoxy groups -OCH3 is 1. The molecule has 0 radical (unpaired) electrons. The fourth-order valence-corrected chi connectivity index (χ4v) is 5.11. The topological polar surface area (TPSA) is 29.5 Å². The first kappa shape index (κ1) is 14.1. The molecule has 1 saturated heterocycles. The summed E-state index contributed by atoms with van der Waals surface area (Å²) in [5.74, 6) is 1.23. The molecular formula is C15H23NO2Si. The lowest BCUT2D eigenvalue weighted by molar-refractivity contribution is -0.125. The van der Waals surface area contributed by atoms with E-state index in [2.05, 4.69) is 36.3 Å². The van der Waals surface area contributed by atoms with Crippen LogP contribution in [0, 0.1) is 0 Å². The van der Waals surface area contributed by atoms with Crippen molar-refractivity contribution in [3.63, 3.8) is 0 Å². The normalized spacial score (nSPS) is 19.9. The third-order valence-corrected chi connectivity index (χ3v) is 5.71. The summed E-state index contributed by atoms with van der Waals surface area (Å²) in [5, 5.41) is 0. The summed E-state index contributed by atoms with van der Waals surface area (Å²) in [6.45, 7) is 6.73. The van der Waals surface area contributed by atoms with E-state index in [0.717, 1.165) is 18.6 Å². The molecule has 0 bridgehead atoms. The predicted molar refractivity (Wildman–Crippen MR) is 79.9 cm³/mol. The van der Waals surface area contributed by atoms with Crippen molar-refractivity contribution in [1.82, 2.24) is 4.57 Å². The van der Waals surface area contributed by atoms with Gasteiger partial charge in [0, 0.05) is 12.5 Å². The highest BCUT2D eigenvalue weighted by Gasteiger charge is 2.38. The van der Waals surface area contributed by atoms with Gasteiger partial charge in [-0.05, 0) is 30.5 Å². The van der Waals surface area contributed by atoms with E-state index in [1.165, 1.54) is 5.56 Å². The molecule has 2 rings (SSSR count). The maximum atomic E-state index is 12.1. The van der Waals surface area contributed by atoms with E-state index in [9.17, 15) is 4.79 Å². The summed E-state index contributed by atoms with van der Waals surface area (Å²) >= 11 is 0. The predicted octanol–water partition coefficient (Wildman–Crippen LogP) is 3.06. The average molecular weight is 277 g/mol. The first-order chi connectivity index (χ1) is 8.91. The number of rotatable bonds is 4. The summed E-state index contributed by atoms with van der Waals surface area (Å²) in [5.41, 5.74) is 1.25. The molecule has 3 nitrogen and oxygen atoms in total. The number of benzene rings is 1. The Morgan fingerprint density at radius 3 is 2.74 bits per heavy atom. The van der Waals surface area contributed by atoms with Crippen molar-refractivity contribution in [1.29, 1.82) is 0 Å². The van der Waals surface area contributed by atoms with Gasteiger partial charge >= 0.3 is 0 Å². The molecule has 0 spiro atoms. The van der Waals surface area contributed by atoms with Crippen LogP contribution >= 0.6 is 0 Å². The van der Waals surface area contributed by atoms with Gasteiger partial charge in [-0.2, -0.15) is 0 Å². The molecule has 0 aromatic heterocycles. The first-order valence-corrected chi connectivity index (χ1v) is 10.3. The van der Waals surface area contributed by atoms with Crippen LogP contribution in [0.5, 0.6) is 5.75 Å². The van der Waals surface area contributed by atoms with Crippen LogP contribution in [0.25, 0.3) is 0 Å². The lowest BCUT2D eigenvalue weighted by Crippen LogP contribution is -2.51. The molecular weight excluding hydrogens is 254 g/mol. The number of hydrogen-bond donors (Lipinski definition) is 0. The van der Waals surface area contributed by atoms with Crippen LogP contribution in [0.1, 0.15) is 18.4 Å². The lowest BCUT2D eigenvalue weighted by atomic mass is 10.0. The van der Waals surface area contributed by atoms with Crippen LogP contribution < -0.4 is 4.74 Å². The largest absolute Gasteiger partial charge is 0.497 e. The minimum atomic E-state index is -1.57. The fraction of sp³-hybridized carbons (Fsp3) is 0.533. The third-order valence-electron chi connectivity index (χ3n) is 3.65. The van der Waals surface area contributed by atoms with Gasteiger partial charge in [-0.3, -0.25) is 4.79 Å². The molecule has 1 aromatic carbocycles. The molecule has 19 heavy (non-hydrogen) atoms. The Kier molecular flexibility index (Phi) is 3.99. The second-order valence-corrected chi connectivity index (χ2v) is 11.0. The number of hydrogen-bond acceptors (Lipinski definition) is 2. The second-order valence-electron chi connectivity index (χ2n) is 6.18. The highest BCUT2D eigenvalue weighted by atomic mass is 28.3. The van der Waals surface area contributed by atoms with Gasteiger partial charge in [-0.25, -0.2) is 0 Å². The van der Waals surface area contributed by atoms with E-state index in [4.69, 9.17) is 4.74 Å². The number of amides is 1. The molecule has 0 saturated carbocycles. The number of nitrogens with zero attached hydrogens (tertiary/aromatic N) is 1. The van der Waals surface area contributed by atoms with Crippen LogP contribution in [0.15, 0.2) is 24.3 Å². The monoisotopic (exact) mass is 277 g/mol. The van der Waals surface area contributed by atoms with Crippen molar-refractivity contribution in [2.75, 3.05) is 7.11 Å². The third kappa shape index (κ3) is 3.18. The molecule has 104 valence electrons. The van der Waals surface area contributed by atoms with E-state index in [1.54, 1.807) is 7.11 Å². The Morgan fingerprint density at radius 2 is 2.11 bits per heavy atom. The van der Waals surface area contributed by atoms with E-state index in [1.807, 2.05) is 12.1 Å². The van der Waals surface area contributed by atoms with E-state index < -0.39 is 8.24 Å². The second kappa shape index (κ2) is 5.37. The van der Waals surface area contributed by atoms with Crippen molar-refractivity contribution in [3.8, 4) is 5.75 Å². The van der Waals surface area contributed by atoms with Crippen molar-refractivity contribution in [3.05, 3.63) is 29.8 Å². The summed E-state index contributed by atoms with van der Waals surface area (Å²) < 4.78 is 7.45. The Balaban J connectivity index is 2.15. The molecule has 1 aliphatic rings. The number of carbonyl (C=O) groups is 1. The molecule has 1 unspecified atom stereocenters. The maximum absolute atomic E-state index is 12.1. The zero-order valence-electron chi connectivity index (χ0n) is 12.3. The summed E-state index contributed by atoms with van der Waals surface area (Å²) in [4.78, 5) is 12.1. The van der Waals surface area contributed by atoms with Crippen molar-refractivity contribution < 1.29 is 9.53 Å². The van der Waals surface area contributed by atoms with Gasteiger partial charge in [0.05, 0.1) is 7.11 Å². The molecule has 1 fully saturated rings. The van der Waals surface area contributed by atoms with Crippen LogP contribution in [0.3, 0.4) is 0 Å². The Labute approximate surface area is 116 Å². The molecule has 1 heterocycles. The zero-order chi connectivity index (χ0) is 14.0. The van der Waals surface area contributed by atoms with Crippen molar-refractivity contribution >= 4 is 14.1 Å². The zero-order valence-corrected chi connectivity index (χ0v) is 13.3. The van der Waals surface area contributed by atoms with Crippen LogP contribution in [-0.2, 0) is 11.2 Å². The van der Waals surface area contributed by atoms with Gasteiger partial charge in [0.2, 0.25) is 5.91 Å². The van der Waals surface area contributed by atoms with E-state index in [-0.39, 0.29) is 0 Å². The number of ether oxygens (including phenoxy) is 1. The smallest absolute Gasteiger partial charge is 0.214 e. The van der Waals surface area contributed by atoms with Gasteiger partial charge in [0.1, 0.15) is 5.75 Å². The highest BCUT2D eigenvalue weighted by molar-refractivity contribution is 6.75. The Bertz CT molecular complexity index is 467. The van der Waals surface area contributed by atoms with Crippen LogP contribution in [0.2, 0.25) is 19.6 Å². The molecule has 0 N–H and O–H groups in total. The average Bonchev–Trinajstić information content (AvgIpc) is 2.70. The van der Waals surface area contributed by atoms with Crippen LogP contribution in [-0.4, -0.2) is 31.9 Å². The Hall–Kier alpha value is -1.29. The maximum Gasteiger partial charge on any atom is 0.214 e. The first-order valence-electron chi connectivity index (χ1n) is 6.87. The van der Waals surface area contributed by atoms with Gasteiger partial charge in [0.15, 0.2) is 8.24 Å². The molecule has 4 heteroatoms. The highest BCUT2D eigenvalue weighted by Crippen LogP contribution is 2.28. The number of carbonyl (C=O) groups excluding carboxylic acids is 1. The van der Waals surface area contributed by atoms with Gasteiger partial charge in [-0.1, -0.05) is 31.8 Å². The minimum absolute atomic E-state index is 0.340. The molecule has 1 aliphatic heterocycles. The Morgan fingerprint density at radius 1 is 1.37 bits per heavy atom. The van der Waals surface area contributed by atoms with Crippen molar-refractivity contribution in [2.24, 2.45) is 0 Å². The fourth-order valence-electron chi connectivity index (χ4n) is 2.93. The summed E-state index contributed by atoms with van der Waals surface area (Å²) in [6, 6.07) is 8.54. The minimum Gasteiger partial charge on any atom is -0.497 e. The van der Waals surface area contributed by atoms with E-state index in [0.29, 0.717) is 18.4 Å².